The van der Waals surface area contributed by atoms with Gasteiger partial charge in [0.2, 0.25) is 21.7 Å². The Morgan fingerprint density at radius 3 is 2.81 bits per heavy atom. The Balaban J connectivity index is 1.80. The molecule has 2 aromatic heterocycles. The molecule has 7 nitrogen and oxygen atoms in total. The minimum atomic E-state index is -3.18. The van der Waals surface area contributed by atoms with Crippen molar-refractivity contribution in [2.75, 3.05) is 19.3 Å². The fourth-order valence-electron chi connectivity index (χ4n) is 2.46. The van der Waals surface area contributed by atoms with E-state index in [0.29, 0.717) is 24.8 Å². The molecule has 8 heteroatoms. The smallest absolute Gasteiger partial charge is 0.231 e. The van der Waals surface area contributed by atoms with Crippen LogP contribution < -0.4 is 0 Å². The second-order valence-electron chi connectivity index (χ2n) is 5.15. The largest absolute Gasteiger partial charge is 0.339 e. The first-order valence-corrected chi connectivity index (χ1v) is 8.58. The average Bonchev–Trinajstić information content (AvgIpc) is 2.97. The lowest BCUT2D eigenvalue weighted by Gasteiger charge is -2.28. The monoisotopic (exact) mass is 308 g/mol. The second-order valence-corrected chi connectivity index (χ2v) is 7.13. The van der Waals surface area contributed by atoms with Gasteiger partial charge in [-0.3, -0.25) is 4.98 Å². The topological polar surface area (TPSA) is 89.2 Å². The summed E-state index contributed by atoms with van der Waals surface area (Å²) in [5, 5.41) is 3.97. The maximum absolute atomic E-state index is 11.6. The summed E-state index contributed by atoms with van der Waals surface area (Å²) < 4.78 is 30.1. The van der Waals surface area contributed by atoms with Crippen molar-refractivity contribution >= 4 is 10.0 Å². The summed E-state index contributed by atoms with van der Waals surface area (Å²) in [7, 11) is -3.18. The molecule has 0 N–H and O–H groups in total. The van der Waals surface area contributed by atoms with E-state index in [1.807, 2.05) is 0 Å². The molecule has 3 heterocycles. The zero-order valence-corrected chi connectivity index (χ0v) is 12.5. The molecule has 0 bridgehead atoms. The van der Waals surface area contributed by atoms with Crippen molar-refractivity contribution in [2.24, 2.45) is 0 Å². The van der Waals surface area contributed by atoms with Crippen molar-refractivity contribution in [3.63, 3.8) is 0 Å². The predicted molar refractivity (Wildman–Crippen MR) is 75.9 cm³/mol. The van der Waals surface area contributed by atoms with Gasteiger partial charge < -0.3 is 4.52 Å². The molecular weight excluding hydrogens is 292 g/mol. The van der Waals surface area contributed by atoms with Crippen molar-refractivity contribution in [3.8, 4) is 11.4 Å². The fourth-order valence-corrected chi connectivity index (χ4v) is 3.38. The highest BCUT2D eigenvalue weighted by Gasteiger charge is 2.30. The molecule has 0 saturated carbocycles. The summed E-state index contributed by atoms with van der Waals surface area (Å²) in [4.78, 5) is 8.34. The molecule has 21 heavy (non-hydrogen) atoms. The lowest BCUT2D eigenvalue weighted by atomic mass is 10.00. The molecule has 1 saturated heterocycles. The van der Waals surface area contributed by atoms with Crippen LogP contribution in [0.2, 0.25) is 0 Å². The van der Waals surface area contributed by atoms with Gasteiger partial charge in [0.15, 0.2) is 0 Å². The molecule has 1 atom stereocenters. The van der Waals surface area contributed by atoms with Crippen molar-refractivity contribution in [2.45, 2.75) is 18.8 Å². The van der Waals surface area contributed by atoms with Crippen LogP contribution in [0.25, 0.3) is 11.4 Å². The van der Waals surface area contributed by atoms with Crippen LogP contribution in [0.15, 0.2) is 29.0 Å². The van der Waals surface area contributed by atoms with Gasteiger partial charge in [-0.2, -0.15) is 4.98 Å². The third-order valence-electron chi connectivity index (χ3n) is 3.58. The molecule has 0 aliphatic carbocycles. The quantitative estimate of drug-likeness (QED) is 0.848. The molecule has 2 aromatic rings. The number of hydrogen-bond acceptors (Lipinski definition) is 6. The molecule has 1 aliphatic heterocycles. The van der Waals surface area contributed by atoms with E-state index in [2.05, 4.69) is 15.1 Å². The molecule has 0 aromatic carbocycles. The van der Waals surface area contributed by atoms with E-state index in [1.54, 1.807) is 24.5 Å². The van der Waals surface area contributed by atoms with Crippen molar-refractivity contribution in [1.29, 1.82) is 0 Å². The van der Waals surface area contributed by atoms with Gasteiger partial charge in [0.05, 0.1) is 12.2 Å². The van der Waals surface area contributed by atoms with E-state index in [9.17, 15) is 8.42 Å². The van der Waals surface area contributed by atoms with E-state index in [-0.39, 0.29) is 5.92 Å². The van der Waals surface area contributed by atoms with E-state index < -0.39 is 10.0 Å². The zero-order valence-electron chi connectivity index (χ0n) is 11.6. The van der Waals surface area contributed by atoms with Crippen molar-refractivity contribution in [3.05, 3.63) is 30.4 Å². The molecule has 0 radical (unpaired) electrons. The summed E-state index contributed by atoms with van der Waals surface area (Å²) in [6, 6.07) is 3.61. The van der Waals surface area contributed by atoms with Crippen LogP contribution in [0.1, 0.15) is 24.7 Å². The molecule has 3 rings (SSSR count). The Hall–Kier alpha value is -1.80. The maximum Gasteiger partial charge on any atom is 0.231 e. The Bertz CT molecular complexity index is 714. The number of rotatable bonds is 3. The van der Waals surface area contributed by atoms with Gasteiger partial charge in [0.25, 0.3) is 0 Å². The van der Waals surface area contributed by atoms with Crippen LogP contribution in [0.4, 0.5) is 0 Å². The third kappa shape index (κ3) is 3.11. The lowest BCUT2D eigenvalue weighted by molar-refractivity contribution is 0.266. The van der Waals surface area contributed by atoms with Gasteiger partial charge in [-0.25, -0.2) is 12.7 Å². The number of hydrogen-bond donors (Lipinski definition) is 0. The van der Waals surface area contributed by atoms with E-state index in [4.69, 9.17) is 4.52 Å². The number of nitrogens with zero attached hydrogens (tertiary/aromatic N) is 4. The summed E-state index contributed by atoms with van der Waals surface area (Å²) in [6.07, 6.45) is 6.20. The molecule has 1 aliphatic rings. The van der Waals surface area contributed by atoms with Gasteiger partial charge in [-0.05, 0) is 25.0 Å². The zero-order chi connectivity index (χ0) is 14.9. The fraction of sp³-hybridized carbons (Fsp3) is 0.462. The van der Waals surface area contributed by atoms with Crippen LogP contribution >= 0.6 is 0 Å². The normalized spacial score (nSPS) is 20.5. The van der Waals surface area contributed by atoms with Gasteiger partial charge >= 0.3 is 0 Å². The lowest BCUT2D eigenvalue weighted by Crippen LogP contribution is -2.38. The van der Waals surface area contributed by atoms with E-state index in [1.165, 1.54) is 10.6 Å². The highest BCUT2D eigenvalue weighted by Crippen LogP contribution is 2.28. The molecular formula is C13H16N4O3S. The molecule has 1 fully saturated rings. The number of piperidine rings is 1. The Kier molecular flexibility index (Phi) is 3.73. The first kappa shape index (κ1) is 14.2. The van der Waals surface area contributed by atoms with Gasteiger partial charge in [-0.15, -0.1) is 0 Å². The van der Waals surface area contributed by atoms with Crippen LogP contribution in [-0.2, 0) is 10.0 Å². The number of sulfonamides is 1. The number of aromatic nitrogens is 3. The Labute approximate surface area is 123 Å². The Morgan fingerprint density at radius 2 is 2.10 bits per heavy atom. The predicted octanol–water partition coefficient (Wildman–Crippen LogP) is 1.27. The average molecular weight is 308 g/mol. The van der Waals surface area contributed by atoms with Crippen molar-refractivity contribution in [1.82, 2.24) is 19.4 Å². The first-order chi connectivity index (χ1) is 10.0. The first-order valence-electron chi connectivity index (χ1n) is 6.73. The van der Waals surface area contributed by atoms with E-state index in [0.717, 1.165) is 18.4 Å². The number of pyridine rings is 1. The van der Waals surface area contributed by atoms with Crippen LogP contribution in [0.5, 0.6) is 0 Å². The van der Waals surface area contributed by atoms with Crippen LogP contribution in [-0.4, -0.2) is 47.2 Å². The van der Waals surface area contributed by atoms with Crippen LogP contribution in [0, 0.1) is 0 Å². The Morgan fingerprint density at radius 1 is 1.33 bits per heavy atom. The SMILES string of the molecule is CS(=O)(=O)N1CCC[C@@H](c2nc(-c3ccncc3)no2)C1. The molecule has 0 spiro atoms. The minimum Gasteiger partial charge on any atom is -0.339 e. The second kappa shape index (κ2) is 5.53. The standard InChI is InChI=1S/C13H16N4O3S/c1-21(18,19)17-8-2-3-11(9-17)13-15-12(16-20-13)10-4-6-14-7-5-10/h4-7,11H,2-3,8-9H2,1H3/t11-/m1/s1. The van der Waals surface area contributed by atoms with Crippen LogP contribution in [0.3, 0.4) is 0 Å². The molecule has 0 unspecified atom stereocenters. The van der Waals surface area contributed by atoms with E-state index >= 15 is 0 Å². The van der Waals surface area contributed by atoms with Gasteiger partial charge in [0.1, 0.15) is 0 Å². The molecule has 112 valence electrons. The van der Waals surface area contributed by atoms with Gasteiger partial charge in [0, 0.05) is 31.0 Å². The maximum atomic E-state index is 11.6. The summed E-state index contributed by atoms with van der Waals surface area (Å²) in [5.74, 6) is 0.954. The van der Waals surface area contributed by atoms with Crippen molar-refractivity contribution < 1.29 is 12.9 Å². The minimum absolute atomic E-state index is 0.0448. The highest BCUT2D eigenvalue weighted by atomic mass is 32.2. The third-order valence-corrected chi connectivity index (χ3v) is 4.85. The summed E-state index contributed by atoms with van der Waals surface area (Å²) in [5.41, 5.74) is 0.829. The highest BCUT2D eigenvalue weighted by molar-refractivity contribution is 7.88. The molecule has 0 amide bonds. The summed E-state index contributed by atoms with van der Waals surface area (Å²) in [6.45, 7) is 0.956. The van der Waals surface area contributed by atoms with Gasteiger partial charge in [-0.1, -0.05) is 5.16 Å². The summed E-state index contributed by atoms with van der Waals surface area (Å²) >= 11 is 0.